The summed E-state index contributed by atoms with van der Waals surface area (Å²) in [5.74, 6) is 0.541. The second kappa shape index (κ2) is 9.82. The summed E-state index contributed by atoms with van der Waals surface area (Å²) in [6, 6.07) is 6.34. The van der Waals surface area contributed by atoms with Crippen LogP contribution < -0.4 is 10.6 Å². The van der Waals surface area contributed by atoms with Gasteiger partial charge in [-0.1, -0.05) is 11.6 Å². The van der Waals surface area contributed by atoms with E-state index in [0.717, 1.165) is 24.4 Å². The first-order valence-electron chi connectivity index (χ1n) is 6.78. The molecule has 0 aromatic heterocycles. The Balaban J connectivity index is 0.00000220. The zero-order chi connectivity index (χ0) is 14.2. The average molecular weight is 331 g/mol. The van der Waals surface area contributed by atoms with Gasteiger partial charge in [-0.05, 0) is 37.2 Å². The quantitative estimate of drug-likeness (QED) is 0.622. The number of thioether (sulfide) groups is 1. The summed E-state index contributed by atoms with van der Waals surface area (Å²) in [5, 5.41) is 6.18. The lowest BCUT2D eigenvalue weighted by Gasteiger charge is -2.14. The van der Waals surface area contributed by atoms with Crippen molar-refractivity contribution in [3.63, 3.8) is 0 Å². The van der Waals surface area contributed by atoms with Gasteiger partial charge in [0.05, 0.1) is 0 Å². The summed E-state index contributed by atoms with van der Waals surface area (Å²) >= 11 is 1.57. The van der Waals surface area contributed by atoms with Gasteiger partial charge in [0.25, 0.3) is 0 Å². The highest BCUT2D eigenvalue weighted by atomic mass is 35.5. The zero-order valence-electron chi connectivity index (χ0n) is 11.7. The van der Waals surface area contributed by atoms with Crippen LogP contribution >= 0.6 is 24.2 Å². The predicted molar refractivity (Wildman–Crippen MR) is 87.6 cm³/mol. The summed E-state index contributed by atoms with van der Waals surface area (Å²) < 4.78 is 12.7. The first-order valence-corrected chi connectivity index (χ1v) is 7.76. The van der Waals surface area contributed by atoms with Gasteiger partial charge >= 0.3 is 0 Å². The van der Waals surface area contributed by atoms with Crippen molar-refractivity contribution < 1.29 is 9.18 Å². The smallest absolute Gasteiger partial charge is 0.221 e. The summed E-state index contributed by atoms with van der Waals surface area (Å²) in [6.07, 6.45) is 3.62. The lowest BCUT2D eigenvalue weighted by molar-refractivity contribution is -0.120. The number of hydrogen-bond acceptors (Lipinski definition) is 3. The van der Waals surface area contributed by atoms with E-state index in [1.807, 2.05) is 0 Å². The summed E-state index contributed by atoms with van der Waals surface area (Å²) in [6.45, 7) is 2.54. The molecule has 116 valence electrons. The molecule has 0 spiro atoms. The van der Waals surface area contributed by atoms with Crippen LogP contribution in [0, 0.1) is 5.82 Å². The molecule has 1 heterocycles. The molecule has 0 fully saturated rings. The first-order chi connectivity index (χ1) is 9.74. The Kier molecular flexibility index (Phi) is 8.42. The SMILES string of the molecule is Cl.O=C(CCSc1ccc(F)cc1)NCC1=CCNCC1. The number of benzene rings is 1. The van der Waals surface area contributed by atoms with Crippen LogP contribution in [0.3, 0.4) is 0 Å². The minimum Gasteiger partial charge on any atom is -0.352 e. The van der Waals surface area contributed by atoms with Crippen molar-refractivity contribution >= 4 is 30.1 Å². The molecule has 0 saturated heterocycles. The number of rotatable bonds is 6. The lowest BCUT2D eigenvalue weighted by Crippen LogP contribution is -2.29. The molecule has 3 nitrogen and oxygen atoms in total. The predicted octanol–water partition coefficient (Wildman–Crippen LogP) is 2.77. The zero-order valence-corrected chi connectivity index (χ0v) is 13.4. The van der Waals surface area contributed by atoms with E-state index < -0.39 is 0 Å². The molecule has 21 heavy (non-hydrogen) atoms. The minimum absolute atomic E-state index is 0. The standard InChI is InChI=1S/C15H19FN2OS.ClH/c16-13-1-3-14(4-2-13)20-10-7-15(19)18-11-12-5-8-17-9-6-12;/h1-5,17H,6-11H2,(H,18,19);1H. The highest BCUT2D eigenvalue weighted by molar-refractivity contribution is 7.99. The van der Waals surface area contributed by atoms with Gasteiger partial charge in [-0.2, -0.15) is 0 Å². The van der Waals surface area contributed by atoms with Crippen LogP contribution in [0.25, 0.3) is 0 Å². The van der Waals surface area contributed by atoms with Crippen molar-refractivity contribution in [1.29, 1.82) is 0 Å². The highest BCUT2D eigenvalue weighted by Crippen LogP contribution is 2.18. The molecule has 2 rings (SSSR count). The van der Waals surface area contributed by atoms with Gasteiger partial charge in [-0.25, -0.2) is 4.39 Å². The Morgan fingerprint density at radius 1 is 1.33 bits per heavy atom. The van der Waals surface area contributed by atoms with E-state index in [9.17, 15) is 9.18 Å². The molecule has 1 aromatic rings. The summed E-state index contributed by atoms with van der Waals surface area (Å²) in [4.78, 5) is 12.7. The third kappa shape index (κ3) is 6.98. The van der Waals surface area contributed by atoms with Crippen LogP contribution in [0.15, 0.2) is 40.8 Å². The van der Waals surface area contributed by atoms with Gasteiger partial charge in [0.1, 0.15) is 5.82 Å². The molecule has 0 saturated carbocycles. The number of halogens is 2. The van der Waals surface area contributed by atoms with E-state index in [1.54, 1.807) is 23.9 Å². The number of amides is 1. The topological polar surface area (TPSA) is 41.1 Å². The molecule has 0 radical (unpaired) electrons. The molecule has 2 N–H and O–H groups in total. The van der Waals surface area contributed by atoms with Crippen LogP contribution in [0.5, 0.6) is 0 Å². The average Bonchev–Trinajstić information content (AvgIpc) is 2.48. The summed E-state index contributed by atoms with van der Waals surface area (Å²) in [5.41, 5.74) is 1.29. The third-order valence-electron chi connectivity index (χ3n) is 3.08. The van der Waals surface area contributed by atoms with E-state index in [2.05, 4.69) is 16.7 Å². The number of carbonyl (C=O) groups is 1. The molecule has 0 bridgehead atoms. The monoisotopic (exact) mass is 330 g/mol. The highest BCUT2D eigenvalue weighted by Gasteiger charge is 2.06. The van der Waals surface area contributed by atoms with Crippen LogP contribution in [-0.4, -0.2) is 31.3 Å². The van der Waals surface area contributed by atoms with Crippen molar-refractivity contribution in [2.45, 2.75) is 17.7 Å². The first kappa shape index (κ1) is 18.0. The van der Waals surface area contributed by atoms with Crippen molar-refractivity contribution in [1.82, 2.24) is 10.6 Å². The second-order valence-corrected chi connectivity index (χ2v) is 5.81. The molecule has 1 aromatic carbocycles. The van der Waals surface area contributed by atoms with Gasteiger partial charge < -0.3 is 10.6 Å². The van der Waals surface area contributed by atoms with Crippen LogP contribution in [-0.2, 0) is 4.79 Å². The Morgan fingerprint density at radius 3 is 2.76 bits per heavy atom. The van der Waals surface area contributed by atoms with Gasteiger partial charge in [0.2, 0.25) is 5.91 Å². The van der Waals surface area contributed by atoms with Gasteiger partial charge in [-0.15, -0.1) is 24.2 Å². The van der Waals surface area contributed by atoms with Crippen LogP contribution in [0.1, 0.15) is 12.8 Å². The molecule has 1 aliphatic rings. The second-order valence-electron chi connectivity index (χ2n) is 4.65. The maximum absolute atomic E-state index is 12.7. The molecule has 1 aliphatic heterocycles. The molecule has 0 unspecified atom stereocenters. The van der Waals surface area contributed by atoms with E-state index in [-0.39, 0.29) is 24.1 Å². The Bertz CT molecular complexity index is 479. The Morgan fingerprint density at radius 2 is 2.10 bits per heavy atom. The van der Waals surface area contributed by atoms with Crippen molar-refractivity contribution in [3.8, 4) is 0 Å². The van der Waals surface area contributed by atoms with E-state index in [0.29, 0.717) is 18.7 Å². The number of hydrogen-bond donors (Lipinski definition) is 2. The van der Waals surface area contributed by atoms with Gasteiger partial charge in [0, 0.05) is 30.2 Å². The fourth-order valence-corrected chi connectivity index (χ4v) is 2.77. The van der Waals surface area contributed by atoms with Crippen molar-refractivity contribution in [2.24, 2.45) is 0 Å². The fraction of sp³-hybridized carbons (Fsp3) is 0.400. The maximum Gasteiger partial charge on any atom is 0.221 e. The van der Waals surface area contributed by atoms with Crippen molar-refractivity contribution in [3.05, 3.63) is 41.7 Å². The van der Waals surface area contributed by atoms with Crippen molar-refractivity contribution in [2.75, 3.05) is 25.4 Å². The Labute approximate surface area is 135 Å². The molecular formula is C15H20ClFN2OS. The Hall–Kier alpha value is -1.04. The van der Waals surface area contributed by atoms with Crippen LogP contribution in [0.2, 0.25) is 0 Å². The molecule has 1 amide bonds. The third-order valence-corrected chi connectivity index (χ3v) is 4.10. The number of carbonyl (C=O) groups excluding carboxylic acids is 1. The maximum atomic E-state index is 12.7. The minimum atomic E-state index is -0.234. The molecular weight excluding hydrogens is 311 g/mol. The van der Waals surface area contributed by atoms with E-state index >= 15 is 0 Å². The largest absolute Gasteiger partial charge is 0.352 e. The molecule has 6 heteroatoms. The van der Waals surface area contributed by atoms with Gasteiger partial charge in [-0.3, -0.25) is 4.79 Å². The molecule has 0 aliphatic carbocycles. The number of nitrogens with one attached hydrogen (secondary N) is 2. The van der Waals surface area contributed by atoms with E-state index in [1.165, 1.54) is 17.7 Å². The molecule has 0 atom stereocenters. The fourth-order valence-electron chi connectivity index (χ4n) is 1.92. The lowest BCUT2D eigenvalue weighted by atomic mass is 10.1. The summed E-state index contributed by atoms with van der Waals surface area (Å²) in [7, 11) is 0. The van der Waals surface area contributed by atoms with E-state index in [4.69, 9.17) is 0 Å². The van der Waals surface area contributed by atoms with Gasteiger partial charge in [0.15, 0.2) is 0 Å². The normalized spacial score (nSPS) is 14.0. The van der Waals surface area contributed by atoms with Crippen LogP contribution in [0.4, 0.5) is 4.39 Å².